The van der Waals surface area contributed by atoms with Crippen molar-refractivity contribution in [2.24, 2.45) is 7.05 Å². The summed E-state index contributed by atoms with van der Waals surface area (Å²) >= 11 is 0. The van der Waals surface area contributed by atoms with E-state index in [-0.39, 0.29) is 17.9 Å². The number of hydrogen-bond donors (Lipinski definition) is 1. The molecule has 0 saturated heterocycles. The highest BCUT2D eigenvalue weighted by atomic mass is 16.1. The van der Waals surface area contributed by atoms with Crippen LogP contribution in [0.2, 0.25) is 0 Å². The Morgan fingerprint density at radius 2 is 1.77 bits per heavy atom. The molecule has 0 aliphatic carbocycles. The molecule has 0 radical (unpaired) electrons. The van der Waals surface area contributed by atoms with E-state index in [1.807, 2.05) is 48.5 Å². The van der Waals surface area contributed by atoms with Gasteiger partial charge < -0.3 is 5.32 Å². The normalized spacial score (nSPS) is 10.6. The van der Waals surface area contributed by atoms with E-state index in [1.165, 1.54) is 17.0 Å². The Balaban J connectivity index is 1.55. The van der Waals surface area contributed by atoms with Crippen LogP contribution < -0.4 is 10.9 Å². The van der Waals surface area contributed by atoms with E-state index < -0.39 is 0 Å². The Morgan fingerprint density at radius 3 is 2.53 bits per heavy atom. The molecule has 7 heteroatoms. The van der Waals surface area contributed by atoms with Gasteiger partial charge in [0.1, 0.15) is 6.33 Å². The Hall–Kier alpha value is -4.13. The fourth-order valence-corrected chi connectivity index (χ4v) is 3.04. The fraction of sp³-hybridized carbons (Fsp3) is 0.0870. The number of carbonyl (C=O) groups is 1. The first-order chi connectivity index (χ1) is 14.6. The second-order valence-electron chi connectivity index (χ2n) is 6.68. The molecule has 148 valence electrons. The molecule has 0 saturated carbocycles. The first kappa shape index (κ1) is 19.2. The van der Waals surface area contributed by atoms with Crippen LogP contribution in [0.1, 0.15) is 10.4 Å². The number of anilines is 1. The van der Waals surface area contributed by atoms with E-state index in [2.05, 4.69) is 20.3 Å². The molecule has 0 bridgehead atoms. The van der Waals surface area contributed by atoms with E-state index in [0.717, 1.165) is 11.1 Å². The SMILES string of the molecule is Cn1c(NCC(=O)c2cccc(-c3ccccc3)c2)nc(-c2ccncn2)cc1=O. The molecule has 4 rings (SSSR count). The highest BCUT2D eigenvalue weighted by Crippen LogP contribution is 2.20. The van der Waals surface area contributed by atoms with Crippen molar-refractivity contribution in [3.8, 4) is 22.5 Å². The maximum atomic E-state index is 12.8. The van der Waals surface area contributed by atoms with Crippen molar-refractivity contribution in [3.63, 3.8) is 0 Å². The summed E-state index contributed by atoms with van der Waals surface area (Å²) < 4.78 is 1.36. The van der Waals surface area contributed by atoms with Gasteiger partial charge in [-0.2, -0.15) is 0 Å². The van der Waals surface area contributed by atoms with Gasteiger partial charge in [-0.25, -0.2) is 15.0 Å². The monoisotopic (exact) mass is 397 g/mol. The van der Waals surface area contributed by atoms with Crippen molar-refractivity contribution < 1.29 is 4.79 Å². The first-order valence-corrected chi connectivity index (χ1v) is 9.39. The Labute approximate surface area is 173 Å². The van der Waals surface area contributed by atoms with Crippen LogP contribution in [0.4, 0.5) is 5.95 Å². The number of nitrogens with one attached hydrogen (secondary N) is 1. The third-order valence-electron chi connectivity index (χ3n) is 4.68. The third-order valence-corrected chi connectivity index (χ3v) is 4.68. The van der Waals surface area contributed by atoms with Gasteiger partial charge in [0.05, 0.1) is 17.9 Å². The van der Waals surface area contributed by atoms with Crippen molar-refractivity contribution in [3.05, 3.63) is 95.2 Å². The fourth-order valence-electron chi connectivity index (χ4n) is 3.04. The topological polar surface area (TPSA) is 89.8 Å². The molecule has 0 spiro atoms. The molecule has 0 aliphatic heterocycles. The summed E-state index contributed by atoms with van der Waals surface area (Å²) in [6.45, 7) is 0.00570. The van der Waals surface area contributed by atoms with Gasteiger partial charge in [-0.15, -0.1) is 0 Å². The number of carbonyl (C=O) groups excluding carboxylic acids is 1. The molecule has 0 amide bonds. The molecule has 30 heavy (non-hydrogen) atoms. The molecule has 7 nitrogen and oxygen atoms in total. The third kappa shape index (κ3) is 4.15. The van der Waals surface area contributed by atoms with E-state index in [9.17, 15) is 9.59 Å². The molecule has 0 aliphatic rings. The van der Waals surface area contributed by atoms with Crippen LogP contribution in [0.25, 0.3) is 22.5 Å². The van der Waals surface area contributed by atoms with Crippen LogP contribution in [0.15, 0.2) is 84.0 Å². The Bertz CT molecular complexity index is 1240. The predicted molar refractivity (Wildman–Crippen MR) is 115 cm³/mol. The molecule has 2 aromatic heterocycles. The lowest BCUT2D eigenvalue weighted by Gasteiger charge is -2.11. The summed E-state index contributed by atoms with van der Waals surface area (Å²) in [5, 5.41) is 2.98. The van der Waals surface area contributed by atoms with Gasteiger partial charge in [-0.1, -0.05) is 48.5 Å². The number of Topliss-reactive ketones (excluding diaryl/α,β-unsaturated/α-hetero) is 1. The highest BCUT2D eigenvalue weighted by Gasteiger charge is 2.12. The summed E-state index contributed by atoms with van der Waals surface area (Å²) in [4.78, 5) is 37.5. The van der Waals surface area contributed by atoms with Gasteiger partial charge in [0, 0.05) is 24.9 Å². The molecule has 4 aromatic rings. The van der Waals surface area contributed by atoms with Crippen LogP contribution in [0.3, 0.4) is 0 Å². The standard InChI is InChI=1S/C23H19N5O2/c1-28-22(30)13-20(19-10-11-24-15-26-19)27-23(28)25-14-21(29)18-9-5-8-17(12-18)16-6-3-2-4-7-16/h2-13,15H,14H2,1H3,(H,25,27). The van der Waals surface area contributed by atoms with E-state index >= 15 is 0 Å². The number of hydrogen-bond acceptors (Lipinski definition) is 6. The summed E-state index contributed by atoms with van der Waals surface area (Å²) in [7, 11) is 1.60. The van der Waals surface area contributed by atoms with E-state index in [0.29, 0.717) is 22.9 Å². The first-order valence-electron chi connectivity index (χ1n) is 9.39. The van der Waals surface area contributed by atoms with E-state index in [1.54, 1.807) is 25.4 Å². The van der Waals surface area contributed by atoms with Crippen molar-refractivity contribution in [1.82, 2.24) is 19.5 Å². The van der Waals surface area contributed by atoms with Gasteiger partial charge in [0.25, 0.3) is 5.56 Å². The van der Waals surface area contributed by atoms with Crippen LogP contribution >= 0.6 is 0 Å². The van der Waals surface area contributed by atoms with Crippen LogP contribution in [-0.4, -0.2) is 31.8 Å². The van der Waals surface area contributed by atoms with Gasteiger partial charge in [-0.3, -0.25) is 14.2 Å². The molecular formula is C23H19N5O2. The maximum absolute atomic E-state index is 12.8. The summed E-state index contributed by atoms with van der Waals surface area (Å²) in [5.74, 6) is 0.193. The molecule has 0 fully saturated rings. The minimum absolute atomic E-state index is 0.00570. The maximum Gasteiger partial charge on any atom is 0.255 e. The molecular weight excluding hydrogens is 378 g/mol. The van der Waals surface area contributed by atoms with Gasteiger partial charge in [0.15, 0.2) is 5.78 Å². The molecule has 0 atom stereocenters. The number of aromatic nitrogens is 4. The molecule has 0 unspecified atom stereocenters. The zero-order chi connectivity index (χ0) is 20.9. The largest absolute Gasteiger partial charge is 0.348 e. The van der Waals surface area contributed by atoms with Gasteiger partial charge in [-0.05, 0) is 23.3 Å². The average Bonchev–Trinajstić information content (AvgIpc) is 2.81. The minimum Gasteiger partial charge on any atom is -0.348 e. The van der Waals surface area contributed by atoms with Crippen LogP contribution in [0, 0.1) is 0 Å². The van der Waals surface area contributed by atoms with Crippen molar-refractivity contribution >= 4 is 11.7 Å². The summed E-state index contributed by atoms with van der Waals surface area (Å²) in [6, 6.07) is 20.4. The van der Waals surface area contributed by atoms with Crippen LogP contribution in [-0.2, 0) is 7.05 Å². The summed E-state index contributed by atoms with van der Waals surface area (Å²) in [6.07, 6.45) is 2.97. The number of benzene rings is 2. The Kier molecular flexibility index (Phi) is 5.43. The minimum atomic E-state index is -0.250. The lowest BCUT2D eigenvalue weighted by atomic mass is 10.0. The van der Waals surface area contributed by atoms with Gasteiger partial charge >= 0.3 is 0 Å². The lowest BCUT2D eigenvalue weighted by Crippen LogP contribution is -2.24. The van der Waals surface area contributed by atoms with Gasteiger partial charge in [0.2, 0.25) is 5.95 Å². The van der Waals surface area contributed by atoms with Crippen LogP contribution in [0.5, 0.6) is 0 Å². The van der Waals surface area contributed by atoms with E-state index in [4.69, 9.17) is 0 Å². The highest BCUT2D eigenvalue weighted by molar-refractivity contribution is 5.99. The van der Waals surface area contributed by atoms with Crippen molar-refractivity contribution in [2.45, 2.75) is 0 Å². The molecule has 1 N–H and O–H groups in total. The number of nitrogens with zero attached hydrogens (tertiary/aromatic N) is 4. The smallest absolute Gasteiger partial charge is 0.255 e. The van der Waals surface area contributed by atoms with Crippen molar-refractivity contribution in [2.75, 3.05) is 11.9 Å². The lowest BCUT2D eigenvalue weighted by molar-refractivity contribution is 0.101. The second kappa shape index (κ2) is 8.48. The predicted octanol–water partition coefficient (Wildman–Crippen LogP) is 3.20. The quantitative estimate of drug-likeness (QED) is 0.503. The second-order valence-corrected chi connectivity index (χ2v) is 6.68. The zero-order valence-corrected chi connectivity index (χ0v) is 16.3. The number of ketones is 1. The molecule has 2 heterocycles. The Morgan fingerprint density at radius 1 is 0.967 bits per heavy atom. The number of rotatable bonds is 6. The average molecular weight is 397 g/mol. The van der Waals surface area contributed by atoms with Crippen molar-refractivity contribution in [1.29, 1.82) is 0 Å². The zero-order valence-electron chi connectivity index (χ0n) is 16.3. The molecule has 2 aromatic carbocycles. The summed E-state index contributed by atoms with van der Waals surface area (Å²) in [5.41, 5.74) is 3.30.